The summed E-state index contributed by atoms with van der Waals surface area (Å²) in [5.41, 5.74) is 0. The number of hydrogen-bond acceptors (Lipinski definition) is 0. The number of hydrogen-bond donors (Lipinski definition) is 0. The first-order valence-corrected chi connectivity index (χ1v) is 3.84. The summed E-state index contributed by atoms with van der Waals surface area (Å²) in [6.45, 7) is 0. The summed E-state index contributed by atoms with van der Waals surface area (Å²) in [4.78, 5) is -0.110. The Balaban J connectivity index is 2.54. The van der Waals surface area contributed by atoms with Crippen molar-refractivity contribution in [1.29, 1.82) is 0 Å². The van der Waals surface area contributed by atoms with Crippen molar-refractivity contribution in [3.63, 3.8) is 0 Å². The van der Waals surface area contributed by atoms with Crippen molar-refractivity contribution in [2.24, 2.45) is 0 Å². The van der Waals surface area contributed by atoms with Gasteiger partial charge in [-0.3, -0.25) is 0 Å². The Bertz CT molecular complexity index is 21.6. The molecular weight excluding hydrogens is 123 g/mol. The summed E-state index contributed by atoms with van der Waals surface area (Å²) < 4.78 is 0. The summed E-state index contributed by atoms with van der Waals surface area (Å²) in [5.74, 6) is 0. The highest BCUT2D eigenvalue weighted by Gasteiger charge is 1.86. The Morgan fingerprint density at radius 1 is 1.60 bits per heavy atom. The van der Waals surface area contributed by atoms with Crippen LogP contribution in [0.3, 0.4) is 0 Å². The normalized spacial score (nSPS) is 10.2. The monoisotopic (exact) mass is 128 g/mol. The van der Waals surface area contributed by atoms with E-state index in [1.807, 2.05) is 0 Å². The quantitative estimate of drug-likeness (QED) is 0.358. The van der Waals surface area contributed by atoms with E-state index in [4.69, 9.17) is 23.2 Å². The fraction of sp³-hybridized carbons (Fsp3) is 1.00. The molecule has 0 atom stereocenters. The van der Waals surface area contributed by atoms with E-state index in [1.54, 1.807) is 0 Å². The summed E-state index contributed by atoms with van der Waals surface area (Å²) in [6.07, 6.45) is 0. The third kappa shape index (κ3) is 4.80. The van der Waals surface area contributed by atoms with Crippen LogP contribution in [0, 0.1) is 0 Å². The topological polar surface area (TPSA) is 0 Å². The fourth-order valence-electron chi connectivity index (χ4n) is 0. The van der Waals surface area contributed by atoms with Gasteiger partial charge in [-0.15, -0.1) is 23.2 Å². The third-order valence-electron chi connectivity index (χ3n) is 0.309. The van der Waals surface area contributed by atoms with Crippen molar-refractivity contribution in [3.8, 4) is 0 Å². The maximum Gasteiger partial charge on any atom is 0.104 e. The van der Waals surface area contributed by atoms with E-state index >= 15 is 0 Å². The average molecular weight is 129 g/mol. The van der Waals surface area contributed by atoms with Crippen molar-refractivity contribution < 1.29 is 0 Å². The van der Waals surface area contributed by atoms with Gasteiger partial charge in [0.2, 0.25) is 0 Å². The zero-order chi connectivity index (χ0) is 4.28. The Kier molecular flexibility index (Phi) is 3.48. The zero-order valence-electron chi connectivity index (χ0n) is 3.04. The van der Waals surface area contributed by atoms with Crippen LogP contribution in [0.4, 0.5) is 0 Å². The molecule has 0 nitrogen and oxygen atoms in total. The van der Waals surface area contributed by atoms with E-state index in [0.717, 1.165) is 16.3 Å². The summed E-state index contributed by atoms with van der Waals surface area (Å²) >= 11 is 10.5. The van der Waals surface area contributed by atoms with Crippen molar-refractivity contribution in [1.82, 2.24) is 0 Å². The Morgan fingerprint density at radius 3 is 1.80 bits per heavy atom. The highest BCUT2D eigenvalue weighted by molar-refractivity contribution is 6.46. The van der Waals surface area contributed by atoms with E-state index in [0.29, 0.717) is 0 Å². The van der Waals surface area contributed by atoms with Gasteiger partial charge in [0.05, 0.1) is 0 Å². The molecule has 0 aromatic carbocycles. The lowest BCUT2D eigenvalue weighted by molar-refractivity contribution is 1.37. The van der Waals surface area contributed by atoms with Crippen molar-refractivity contribution >= 4 is 33.4 Å². The second-order valence-electron chi connectivity index (χ2n) is 0.799. The largest absolute Gasteiger partial charge is 0.106 e. The Morgan fingerprint density at radius 2 is 1.80 bits per heavy atom. The van der Waals surface area contributed by atoms with E-state index in [9.17, 15) is 0 Å². The maximum atomic E-state index is 5.26. The molecule has 0 aliphatic rings. The van der Waals surface area contributed by atoms with Crippen LogP contribution in [0.15, 0.2) is 0 Å². The molecule has 0 rings (SSSR count). The lowest BCUT2D eigenvalue weighted by atomic mass is 10.9. The van der Waals surface area contributed by atoms with Gasteiger partial charge in [0, 0.05) is 10.2 Å². The summed E-state index contributed by atoms with van der Waals surface area (Å²) in [5, 5.41) is 0. The van der Waals surface area contributed by atoms with E-state index in [-0.39, 0.29) is 4.84 Å². The first-order chi connectivity index (χ1) is 2.27. The second kappa shape index (κ2) is 3.01. The molecule has 0 unspecified atom stereocenters. The number of halogens is 2. The van der Waals surface area contributed by atoms with Gasteiger partial charge >= 0.3 is 0 Å². The fourth-order valence-corrected chi connectivity index (χ4v) is 0. The molecule has 0 aromatic rings. The molecule has 0 bridgehead atoms. The molecule has 0 heterocycles. The lowest BCUT2D eigenvalue weighted by Crippen LogP contribution is -1.79. The first kappa shape index (κ1) is 5.80. The maximum absolute atomic E-state index is 5.26. The molecule has 0 N–H and O–H groups in total. The standard InChI is InChI=1S/C2H6Cl2Si/c3-2(4)1-5/h2H,1H2,5H3. The Labute approximate surface area is 44.9 Å². The summed E-state index contributed by atoms with van der Waals surface area (Å²) in [6, 6.07) is 0.975. The van der Waals surface area contributed by atoms with Crippen LogP contribution >= 0.6 is 23.2 Å². The van der Waals surface area contributed by atoms with Crippen molar-refractivity contribution in [2.75, 3.05) is 0 Å². The van der Waals surface area contributed by atoms with Gasteiger partial charge in [-0.05, 0) is 6.04 Å². The first-order valence-electron chi connectivity index (χ1n) is 1.55. The molecule has 0 spiro atoms. The molecule has 32 valence electrons. The van der Waals surface area contributed by atoms with Crippen LogP contribution in [-0.4, -0.2) is 15.1 Å². The van der Waals surface area contributed by atoms with Gasteiger partial charge < -0.3 is 0 Å². The van der Waals surface area contributed by atoms with Gasteiger partial charge in [0.25, 0.3) is 0 Å². The van der Waals surface area contributed by atoms with Gasteiger partial charge in [0.15, 0.2) is 0 Å². The van der Waals surface area contributed by atoms with Gasteiger partial charge in [-0.25, -0.2) is 0 Å². The Hall–Kier alpha value is 0.797. The molecule has 0 saturated carbocycles. The van der Waals surface area contributed by atoms with Crippen LogP contribution in [-0.2, 0) is 0 Å². The molecule has 0 fully saturated rings. The molecule has 0 aliphatic heterocycles. The highest BCUT2D eigenvalue weighted by Crippen LogP contribution is 2.02. The minimum atomic E-state index is -0.110. The van der Waals surface area contributed by atoms with E-state index in [1.165, 1.54) is 0 Å². The molecule has 5 heavy (non-hydrogen) atoms. The van der Waals surface area contributed by atoms with Gasteiger partial charge in [-0.2, -0.15) is 0 Å². The SMILES string of the molecule is [SiH3]CC(Cl)Cl. The minimum Gasteiger partial charge on any atom is -0.106 e. The average Bonchev–Trinajstić information content (AvgIpc) is 1.38. The number of rotatable bonds is 1. The molecule has 0 aromatic heterocycles. The predicted octanol–water partition coefficient (Wildman–Crippen LogP) is 0.574. The van der Waals surface area contributed by atoms with Crippen LogP contribution in [0.2, 0.25) is 6.04 Å². The van der Waals surface area contributed by atoms with Crippen LogP contribution in [0.5, 0.6) is 0 Å². The van der Waals surface area contributed by atoms with Crippen LogP contribution in [0.25, 0.3) is 0 Å². The molecule has 0 aliphatic carbocycles. The molecular formula is C2H6Cl2Si. The number of alkyl halides is 2. The van der Waals surface area contributed by atoms with Crippen molar-refractivity contribution in [2.45, 2.75) is 10.9 Å². The van der Waals surface area contributed by atoms with Crippen LogP contribution < -0.4 is 0 Å². The second-order valence-corrected chi connectivity index (χ2v) is 2.89. The van der Waals surface area contributed by atoms with Gasteiger partial charge in [0.1, 0.15) is 4.84 Å². The lowest BCUT2D eigenvalue weighted by Gasteiger charge is -1.84. The third-order valence-corrected chi connectivity index (χ3v) is 2.78. The predicted molar refractivity (Wildman–Crippen MR) is 30.2 cm³/mol. The molecule has 0 amide bonds. The van der Waals surface area contributed by atoms with Crippen molar-refractivity contribution in [3.05, 3.63) is 0 Å². The van der Waals surface area contributed by atoms with Gasteiger partial charge in [-0.1, -0.05) is 0 Å². The highest BCUT2D eigenvalue weighted by atomic mass is 35.5. The molecule has 0 radical (unpaired) electrons. The minimum absolute atomic E-state index is 0.110. The summed E-state index contributed by atoms with van der Waals surface area (Å²) in [7, 11) is 1.11. The van der Waals surface area contributed by atoms with E-state index < -0.39 is 0 Å². The zero-order valence-corrected chi connectivity index (χ0v) is 6.55. The smallest absolute Gasteiger partial charge is 0.104 e. The molecule has 0 saturated heterocycles. The van der Waals surface area contributed by atoms with Crippen LogP contribution in [0.1, 0.15) is 0 Å². The van der Waals surface area contributed by atoms with E-state index in [2.05, 4.69) is 0 Å². The molecule has 3 heteroatoms.